The molecule has 1 heterocycles. The molecule has 0 aliphatic heterocycles. The lowest BCUT2D eigenvalue weighted by molar-refractivity contribution is 0.485. The minimum atomic E-state index is 0.511. The number of hydrogen-bond acceptors (Lipinski definition) is 3. The normalized spacial score (nSPS) is 10.7. The van der Waals surface area contributed by atoms with E-state index in [1.165, 1.54) is 0 Å². The van der Waals surface area contributed by atoms with Gasteiger partial charge in [-0.15, -0.1) is 0 Å². The summed E-state index contributed by atoms with van der Waals surface area (Å²) in [6.45, 7) is 0.511. The van der Waals surface area contributed by atoms with Gasteiger partial charge in [0.2, 0.25) is 0 Å². The molecule has 100 valence electrons. The van der Waals surface area contributed by atoms with Crippen LogP contribution in [0.1, 0.15) is 5.56 Å². The summed E-state index contributed by atoms with van der Waals surface area (Å²) in [5, 5.41) is 0.991. The number of fused-ring (bicyclic) bond motifs is 1. The maximum absolute atomic E-state index is 5.99. The lowest BCUT2D eigenvalue weighted by Crippen LogP contribution is -1.96. The van der Waals surface area contributed by atoms with E-state index in [-0.39, 0.29) is 0 Å². The van der Waals surface area contributed by atoms with Crippen LogP contribution < -0.4 is 10.5 Å². The number of ether oxygens (including phenoxy) is 1. The number of rotatable bonds is 3. The lowest BCUT2D eigenvalue weighted by atomic mass is 10.2. The predicted octanol–water partition coefficient (Wildman–Crippen LogP) is 4.25. The quantitative estimate of drug-likeness (QED) is 0.781. The van der Waals surface area contributed by atoms with Crippen molar-refractivity contribution in [3.8, 4) is 11.5 Å². The van der Waals surface area contributed by atoms with E-state index in [9.17, 15) is 0 Å². The molecule has 0 saturated heterocycles. The number of halogens is 1. The zero-order valence-corrected chi connectivity index (χ0v) is 12.3. The summed E-state index contributed by atoms with van der Waals surface area (Å²) in [6, 6.07) is 15.6. The first kappa shape index (κ1) is 13.1. The first-order chi connectivity index (χ1) is 9.78. The maximum atomic E-state index is 5.99. The fourth-order valence-corrected chi connectivity index (χ4v) is 2.54. The van der Waals surface area contributed by atoms with Gasteiger partial charge in [-0.25, -0.2) is 0 Å². The summed E-state index contributed by atoms with van der Waals surface area (Å²) in [4.78, 5) is 4.33. The van der Waals surface area contributed by atoms with Crippen LogP contribution in [-0.2, 0) is 6.54 Å². The molecule has 0 saturated carbocycles. The van der Waals surface area contributed by atoms with Crippen molar-refractivity contribution >= 4 is 26.8 Å². The third-order valence-corrected chi connectivity index (χ3v) is 3.68. The van der Waals surface area contributed by atoms with Crippen LogP contribution in [0.4, 0.5) is 0 Å². The van der Waals surface area contributed by atoms with Crippen LogP contribution in [0, 0.1) is 0 Å². The van der Waals surface area contributed by atoms with Gasteiger partial charge in [-0.1, -0.05) is 12.1 Å². The predicted molar refractivity (Wildman–Crippen MR) is 83.9 cm³/mol. The Morgan fingerprint density at radius 3 is 2.75 bits per heavy atom. The Labute approximate surface area is 125 Å². The molecule has 3 rings (SSSR count). The van der Waals surface area contributed by atoms with E-state index in [1.807, 2.05) is 48.5 Å². The molecule has 0 radical (unpaired) electrons. The van der Waals surface area contributed by atoms with Crippen molar-refractivity contribution in [2.75, 3.05) is 0 Å². The van der Waals surface area contributed by atoms with Crippen LogP contribution in [0.3, 0.4) is 0 Å². The molecule has 0 aliphatic carbocycles. The van der Waals surface area contributed by atoms with Gasteiger partial charge in [-0.3, -0.25) is 4.98 Å². The largest absolute Gasteiger partial charge is 0.455 e. The molecule has 0 aliphatic rings. The van der Waals surface area contributed by atoms with Crippen molar-refractivity contribution in [1.82, 2.24) is 4.98 Å². The van der Waals surface area contributed by atoms with Crippen LogP contribution in [-0.4, -0.2) is 4.98 Å². The van der Waals surface area contributed by atoms with Crippen molar-refractivity contribution in [2.24, 2.45) is 5.73 Å². The summed E-state index contributed by atoms with van der Waals surface area (Å²) in [7, 11) is 0. The number of hydrogen-bond donors (Lipinski definition) is 1. The first-order valence-electron chi connectivity index (χ1n) is 6.28. The topological polar surface area (TPSA) is 48.1 Å². The number of benzene rings is 2. The SMILES string of the molecule is NCc1ccc(Oc2cccc3ncccc23)c(Br)c1. The third kappa shape index (κ3) is 2.53. The Morgan fingerprint density at radius 2 is 1.95 bits per heavy atom. The van der Waals surface area contributed by atoms with E-state index in [4.69, 9.17) is 10.5 Å². The number of aromatic nitrogens is 1. The lowest BCUT2D eigenvalue weighted by Gasteiger charge is -2.11. The monoisotopic (exact) mass is 328 g/mol. The first-order valence-corrected chi connectivity index (χ1v) is 7.07. The number of nitrogens with zero attached hydrogens (tertiary/aromatic N) is 1. The molecule has 3 nitrogen and oxygen atoms in total. The van der Waals surface area contributed by atoms with E-state index in [0.717, 1.165) is 32.4 Å². The molecule has 20 heavy (non-hydrogen) atoms. The van der Waals surface area contributed by atoms with Crippen molar-refractivity contribution in [3.05, 3.63) is 64.8 Å². The zero-order valence-electron chi connectivity index (χ0n) is 10.7. The van der Waals surface area contributed by atoms with Crippen LogP contribution >= 0.6 is 15.9 Å². The second kappa shape index (κ2) is 5.61. The second-order valence-corrected chi connectivity index (χ2v) is 5.25. The highest BCUT2D eigenvalue weighted by Gasteiger charge is 2.07. The van der Waals surface area contributed by atoms with E-state index >= 15 is 0 Å². The number of nitrogens with two attached hydrogens (primary N) is 1. The Balaban J connectivity index is 2.01. The summed E-state index contributed by atoms with van der Waals surface area (Å²) >= 11 is 3.51. The van der Waals surface area contributed by atoms with Gasteiger partial charge in [0.25, 0.3) is 0 Å². The fourth-order valence-electron chi connectivity index (χ4n) is 2.04. The highest BCUT2D eigenvalue weighted by Crippen LogP contribution is 2.33. The van der Waals surface area contributed by atoms with Crippen molar-refractivity contribution < 1.29 is 4.74 Å². The highest BCUT2D eigenvalue weighted by molar-refractivity contribution is 9.10. The molecule has 1 aromatic heterocycles. The third-order valence-electron chi connectivity index (χ3n) is 3.06. The molecule has 0 bridgehead atoms. The smallest absolute Gasteiger partial charge is 0.141 e. The van der Waals surface area contributed by atoms with Gasteiger partial charge in [0, 0.05) is 18.1 Å². The highest BCUT2D eigenvalue weighted by atomic mass is 79.9. The second-order valence-electron chi connectivity index (χ2n) is 4.40. The van der Waals surface area contributed by atoms with Crippen LogP contribution in [0.25, 0.3) is 10.9 Å². The summed E-state index contributed by atoms with van der Waals surface area (Å²) < 4.78 is 6.88. The van der Waals surface area contributed by atoms with Crippen LogP contribution in [0.15, 0.2) is 59.2 Å². The van der Waals surface area contributed by atoms with E-state index in [0.29, 0.717) is 6.54 Å². The molecule has 2 aromatic carbocycles. The zero-order chi connectivity index (χ0) is 13.9. The fraction of sp³-hybridized carbons (Fsp3) is 0.0625. The molecule has 0 fully saturated rings. The Bertz CT molecular complexity index is 753. The van der Waals surface area contributed by atoms with E-state index < -0.39 is 0 Å². The van der Waals surface area contributed by atoms with Gasteiger partial charge < -0.3 is 10.5 Å². The van der Waals surface area contributed by atoms with Gasteiger partial charge in [0.15, 0.2) is 0 Å². The molecular formula is C16H13BrN2O. The van der Waals surface area contributed by atoms with Crippen molar-refractivity contribution in [1.29, 1.82) is 0 Å². The van der Waals surface area contributed by atoms with Crippen LogP contribution in [0.5, 0.6) is 11.5 Å². The van der Waals surface area contributed by atoms with Gasteiger partial charge in [-0.05, 0) is 57.9 Å². The number of pyridine rings is 1. The van der Waals surface area contributed by atoms with Gasteiger partial charge in [0.1, 0.15) is 11.5 Å². The molecule has 0 spiro atoms. The standard InChI is InChI=1S/C16H13BrN2O/c17-13-9-11(10-18)6-7-16(13)20-15-5-1-4-14-12(15)3-2-8-19-14/h1-9H,10,18H2. The molecule has 0 atom stereocenters. The van der Waals surface area contributed by atoms with Gasteiger partial charge in [-0.2, -0.15) is 0 Å². The van der Waals surface area contributed by atoms with Crippen molar-refractivity contribution in [3.63, 3.8) is 0 Å². The van der Waals surface area contributed by atoms with Gasteiger partial charge >= 0.3 is 0 Å². The molecule has 0 amide bonds. The van der Waals surface area contributed by atoms with E-state index in [2.05, 4.69) is 20.9 Å². The molecular weight excluding hydrogens is 316 g/mol. The van der Waals surface area contributed by atoms with E-state index in [1.54, 1.807) is 6.20 Å². The minimum Gasteiger partial charge on any atom is -0.455 e. The van der Waals surface area contributed by atoms with Crippen LogP contribution in [0.2, 0.25) is 0 Å². The minimum absolute atomic E-state index is 0.511. The Morgan fingerprint density at radius 1 is 1.05 bits per heavy atom. The summed E-state index contributed by atoms with van der Waals surface area (Å²) in [6.07, 6.45) is 1.78. The Hall–Kier alpha value is -1.91. The molecule has 3 aromatic rings. The molecule has 0 unspecified atom stereocenters. The van der Waals surface area contributed by atoms with Crippen molar-refractivity contribution in [2.45, 2.75) is 6.54 Å². The summed E-state index contributed by atoms with van der Waals surface area (Å²) in [5.41, 5.74) is 7.60. The molecule has 4 heteroatoms. The molecule has 2 N–H and O–H groups in total. The Kier molecular flexibility index (Phi) is 3.67. The summed E-state index contributed by atoms with van der Waals surface area (Å²) in [5.74, 6) is 1.55. The average Bonchev–Trinajstić information content (AvgIpc) is 2.49. The maximum Gasteiger partial charge on any atom is 0.141 e. The van der Waals surface area contributed by atoms with Gasteiger partial charge in [0.05, 0.1) is 9.99 Å². The average molecular weight is 329 g/mol.